The lowest BCUT2D eigenvalue weighted by Gasteiger charge is -2.07. The van der Waals surface area contributed by atoms with Crippen LogP contribution in [0.2, 0.25) is 0 Å². The summed E-state index contributed by atoms with van der Waals surface area (Å²) in [6, 6.07) is 9.07. The van der Waals surface area contributed by atoms with Gasteiger partial charge in [-0.2, -0.15) is 0 Å². The molecule has 0 aliphatic heterocycles. The van der Waals surface area contributed by atoms with Gasteiger partial charge in [-0.05, 0) is 5.56 Å². The summed E-state index contributed by atoms with van der Waals surface area (Å²) < 4.78 is 0. The molecule has 1 aromatic rings. The molecular weight excluding hydrogens is 210 g/mol. The molecule has 5 heteroatoms. The standard InChI is InChI=1S/C11H13NO4/c13-9(11(15)16)7-12-10(14)6-8-4-2-1-3-5-8/h1-5,9,13H,6-7H2,(H,12,14)(H,15,16)/t9-/m0/s1. The SMILES string of the molecule is O=C(Cc1ccccc1)NC[C@H](O)C(=O)O. The largest absolute Gasteiger partial charge is 0.479 e. The van der Waals surface area contributed by atoms with E-state index in [0.717, 1.165) is 5.56 Å². The number of carbonyl (C=O) groups is 2. The van der Waals surface area contributed by atoms with Gasteiger partial charge in [0.15, 0.2) is 6.10 Å². The smallest absolute Gasteiger partial charge is 0.334 e. The summed E-state index contributed by atoms with van der Waals surface area (Å²) in [6.45, 7) is -0.277. The topological polar surface area (TPSA) is 86.6 Å². The third-order valence-corrected chi connectivity index (χ3v) is 1.99. The van der Waals surface area contributed by atoms with Gasteiger partial charge in [0.05, 0.1) is 13.0 Å². The number of aliphatic hydroxyl groups excluding tert-OH is 1. The molecule has 0 heterocycles. The third-order valence-electron chi connectivity index (χ3n) is 1.99. The van der Waals surface area contributed by atoms with Gasteiger partial charge in [-0.15, -0.1) is 0 Å². The van der Waals surface area contributed by atoms with Gasteiger partial charge in [-0.3, -0.25) is 4.79 Å². The number of aliphatic hydroxyl groups is 1. The maximum atomic E-state index is 11.3. The van der Waals surface area contributed by atoms with Crippen LogP contribution in [0, 0.1) is 0 Å². The minimum Gasteiger partial charge on any atom is -0.479 e. The van der Waals surface area contributed by atoms with E-state index >= 15 is 0 Å². The minimum absolute atomic E-state index is 0.174. The number of nitrogens with one attached hydrogen (secondary N) is 1. The number of carboxylic acids is 1. The quantitative estimate of drug-likeness (QED) is 0.644. The molecule has 1 rings (SSSR count). The summed E-state index contributed by atoms with van der Waals surface area (Å²) >= 11 is 0. The number of carboxylic acid groups (broad SMARTS) is 1. The van der Waals surface area contributed by atoms with Crippen molar-refractivity contribution >= 4 is 11.9 Å². The number of hydrogen-bond donors (Lipinski definition) is 3. The van der Waals surface area contributed by atoms with Crippen LogP contribution in [0.15, 0.2) is 30.3 Å². The first-order valence-corrected chi connectivity index (χ1v) is 4.81. The van der Waals surface area contributed by atoms with Gasteiger partial charge < -0.3 is 15.5 Å². The fraction of sp³-hybridized carbons (Fsp3) is 0.273. The van der Waals surface area contributed by atoms with Crippen LogP contribution >= 0.6 is 0 Å². The second-order valence-electron chi connectivity index (χ2n) is 3.32. The highest BCUT2D eigenvalue weighted by atomic mass is 16.4. The number of hydrogen-bond acceptors (Lipinski definition) is 3. The predicted molar refractivity (Wildman–Crippen MR) is 56.8 cm³/mol. The minimum atomic E-state index is -1.56. The van der Waals surface area contributed by atoms with Crippen molar-refractivity contribution in [1.29, 1.82) is 0 Å². The molecule has 0 radical (unpaired) electrons. The Morgan fingerprint density at radius 2 is 1.88 bits per heavy atom. The average molecular weight is 223 g/mol. The molecule has 0 spiro atoms. The van der Waals surface area contributed by atoms with E-state index in [1.54, 1.807) is 12.1 Å². The van der Waals surface area contributed by atoms with E-state index in [-0.39, 0.29) is 18.9 Å². The fourth-order valence-electron chi connectivity index (χ4n) is 1.14. The van der Waals surface area contributed by atoms with Crippen LogP contribution in [0.1, 0.15) is 5.56 Å². The van der Waals surface area contributed by atoms with Gasteiger partial charge in [0, 0.05) is 0 Å². The zero-order valence-corrected chi connectivity index (χ0v) is 8.59. The molecule has 1 aromatic carbocycles. The molecule has 0 aromatic heterocycles. The molecular formula is C11H13NO4. The summed E-state index contributed by atoms with van der Waals surface area (Å²) in [4.78, 5) is 21.6. The van der Waals surface area contributed by atoms with E-state index in [4.69, 9.17) is 10.2 Å². The first-order valence-electron chi connectivity index (χ1n) is 4.81. The molecule has 0 fully saturated rings. The van der Waals surface area contributed by atoms with Crippen molar-refractivity contribution in [1.82, 2.24) is 5.32 Å². The van der Waals surface area contributed by atoms with Crippen molar-refractivity contribution in [2.75, 3.05) is 6.54 Å². The lowest BCUT2D eigenvalue weighted by molar-refractivity contribution is -0.146. The lowest BCUT2D eigenvalue weighted by Crippen LogP contribution is -2.37. The maximum absolute atomic E-state index is 11.3. The Hall–Kier alpha value is -1.88. The Labute approximate surface area is 92.7 Å². The summed E-state index contributed by atoms with van der Waals surface area (Å²) in [6.07, 6.45) is -1.38. The van der Waals surface area contributed by atoms with Crippen LogP contribution in [0.3, 0.4) is 0 Å². The number of benzene rings is 1. The maximum Gasteiger partial charge on any atom is 0.334 e. The van der Waals surface area contributed by atoms with Crippen LogP contribution in [-0.2, 0) is 16.0 Å². The first-order chi connectivity index (χ1) is 7.59. The fourth-order valence-corrected chi connectivity index (χ4v) is 1.14. The van der Waals surface area contributed by atoms with E-state index in [1.807, 2.05) is 18.2 Å². The van der Waals surface area contributed by atoms with Crippen molar-refractivity contribution in [3.05, 3.63) is 35.9 Å². The molecule has 0 aliphatic carbocycles. The number of rotatable bonds is 5. The highest BCUT2D eigenvalue weighted by molar-refractivity contribution is 5.79. The van der Waals surface area contributed by atoms with Gasteiger partial charge in [-0.1, -0.05) is 30.3 Å². The molecule has 16 heavy (non-hydrogen) atoms. The van der Waals surface area contributed by atoms with E-state index in [1.165, 1.54) is 0 Å². The van der Waals surface area contributed by atoms with Crippen LogP contribution in [-0.4, -0.2) is 34.7 Å². The van der Waals surface area contributed by atoms with E-state index in [9.17, 15) is 9.59 Å². The van der Waals surface area contributed by atoms with Gasteiger partial charge in [0.25, 0.3) is 0 Å². The number of aliphatic carboxylic acids is 1. The van der Waals surface area contributed by atoms with E-state index in [0.29, 0.717) is 0 Å². The summed E-state index contributed by atoms with van der Waals surface area (Å²) in [5, 5.41) is 19.7. The molecule has 0 saturated carbocycles. The average Bonchev–Trinajstić information content (AvgIpc) is 2.27. The molecule has 0 aliphatic rings. The normalized spacial score (nSPS) is 11.8. The highest BCUT2D eigenvalue weighted by Crippen LogP contribution is 1.98. The molecule has 0 saturated heterocycles. The predicted octanol–water partition coefficient (Wildman–Crippen LogP) is -0.209. The van der Waals surface area contributed by atoms with Crippen LogP contribution < -0.4 is 5.32 Å². The molecule has 1 amide bonds. The summed E-state index contributed by atoms with van der Waals surface area (Å²) in [5.74, 6) is -1.66. The second-order valence-corrected chi connectivity index (χ2v) is 3.32. The van der Waals surface area contributed by atoms with Gasteiger partial charge in [0.1, 0.15) is 0 Å². The van der Waals surface area contributed by atoms with Gasteiger partial charge in [-0.25, -0.2) is 4.79 Å². The van der Waals surface area contributed by atoms with Crippen LogP contribution in [0.5, 0.6) is 0 Å². The Morgan fingerprint density at radius 1 is 1.25 bits per heavy atom. The van der Waals surface area contributed by atoms with Crippen molar-refractivity contribution < 1.29 is 19.8 Å². The van der Waals surface area contributed by atoms with Gasteiger partial charge in [0.2, 0.25) is 5.91 Å². The molecule has 3 N–H and O–H groups in total. The molecule has 86 valence electrons. The summed E-state index contributed by atoms with van der Waals surface area (Å²) in [7, 11) is 0. The Balaban J connectivity index is 2.35. The van der Waals surface area contributed by atoms with Crippen molar-refractivity contribution in [2.24, 2.45) is 0 Å². The zero-order valence-electron chi connectivity index (χ0n) is 8.59. The third kappa shape index (κ3) is 4.10. The zero-order chi connectivity index (χ0) is 12.0. The monoisotopic (exact) mass is 223 g/mol. The van der Waals surface area contributed by atoms with Crippen LogP contribution in [0.25, 0.3) is 0 Å². The van der Waals surface area contributed by atoms with Crippen molar-refractivity contribution in [2.45, 2.75) is 12.5 Å². The highest BCUT2D eigenvalue weighted by Gasteiger charge is 2.13. The Bertz CT molecular complexity index is 364. The van der Waals surface area contributed by atoms with Crippen molar-refractivity contribution in [3.63, 3.8) is 0 Å². The Morgan fingerprint density at radius 3 is 2.44 bits per heavy atom. The van der Waals surface area contributed by atoms with Crippen LogP contribution in [0.4, 0.5) is 0 Å². The van der Waals surface area contributed by atoms with Crippen molar-refractivity contribution in [3.8, 4) is 0 Å². The Kier molecular flexibility index (Phi) is 4.47. The molecule has 5 nitrogen and oxygen atoms in total. The second kappa shape index (κ2) is 5.87. The number of carbonyl (C=O) groups excluding carboxylic acids is 1. The lowest BCUT2D eigenvalue weighted by atomic mass is 10.1. The van der Waals surface area contributed by atoms with E-state index < -0.39 is 12.1 Å². The molecule has 0 unspecified atom stereocenters. The molecule has 1 atom stereocenters. The molecule has 0 bridgehead atoms. The summed E-state index contributed by atoms with van der Waals surface area (Å²) in [5.41, 5.74) is 0.838. The first kappa shape index (κ1) is 12.2. The number of amides is 1. The van der Waals surface area contributed by atoms with Gasteiger partial charge >= 0.3 is 5.97 Å². The van der Waals surface area contributed by atoms with E-state index in [2.05, 4.69) is 5.32 Å².